The fourth-order valence-corrected chi connectivity index (χ4v) is 5.11. The number of carbonyl (C=O) groups is 1. The summed E-state index contributed by atoms with van der Waals surface area (Å²) < 4.78 is 27.4. The molecule has 0 aromatic heterocycles. The second kappa shape index (κ2) is 8.45. The van der Waals surface area contributed by atoms with E-state index in [1.807, 2.05) is 31.2 Å². The van der Waals surface area contributed by atoms with E-state index in [9.17, 15) is 13.2 Å². The van der Waals surface area contributed by atoms with E-state index in [1.165, 1.54) is 4.31 Å². The van der Waals surface area contributed by atoms with Gasteiger partial charge in [0.15, 0.2) is 0 Å². The fourth-order valence-electron chi connectivity index (χ4n) is 3.58. The molecule has 0 unspecified atom stereocenters. The molecule has 1 amide bonds. The average molecular weight is 401 g/mol. The van der Waals surface area contributed by atoms with Crippen LogP contribution in [0.3, 0.4) is 0 Å². The Bertz CT molecular complexity index is 937. The van der Waals surface area contributed by atoms with Gasteiger partial charge in [0, 0.05) is 18.8 Å². The van der Waals surface area contributed by atoms with Crippen LogP contribution in [-0.2, 0) is 14.8 Å². The van der Waals surface area contributed by atoms with Gasteiger partial charge in [-0.05, 0) is 49.4 Å². The minimum atomic E-state index is -3.59. The number of sulfonamides is 1. The first kappa shape index (κ1) is 20.6. The number of aryl methyl sites for hydroxylation is 1. The van der Waals surface area contributed by atoms with Crippen molar-refractivity contribution in [2.75, 3.05) is 18.4 Å². The number of benzene rings is 2. The first-order valence-corrected chi connectivity index (χ1v) is 11.2. The van der Waals surface area contributed by atoms with E-state index in [0.717, 1.165) is 16.8 Å². The zero-order chi connectivity index (χ0) is 20.3. The first-order valence-electron chi connectivity index (χ1n) is 9.75. The maximum Gasteiger partial charge on any atom is 0.243 e. The van der Waals surface area contributed by atoms with Crippen molar-refractivity contribution in [1.29, 1.82) is 0 Å². The molecular formula is C22H28N2O3S. The van der Waals surface area contributed by atoms with Gasteiger partial charge >= 0.3 is 0 Å². The molecule has 0 radical (unpaired) electrons. The third-order valence-electron chi connectivity index (χ3n) is 5.25. The molecule has 28 heavy (non-hydrogen) atoms. The molecule has 5 nitrogen and oxygen atoms in total. The maximum absolute atomic E-state index is 13.0. The van der Waals surface area contributed by atoms with Crippen molar-refractivity contribution in [3.8, 4) is 0 Å². The number of carbonyl (C=O) groups excluding carboxylic acids is 1. The maximum atomic E-state index is 13.0. The standard InChI is InChI=1S/C22H28N2O3S/c1-16(2)20-8-4-5-9-21(20)23-22(25)18-7-6-14-24(15-18)28(26,27)19-12-10-17(3)11-13-19/h4-5,8-13,16,18H,6-7,14-15H2,1-3H3,(H,23,25)/t18-/m0/s1. The Kier molecular flexibility index (Phi) is 6.20. The third-order valence-corrected chi connectivity index (χ3v) is 7.13. The van der Waals surface area contributed by atoms with E-state index < -0.39 is 10.0 Å². The van der Waals surface area contributed by atoms with Crippen LogP contribution in [0.15, 0.2) is 53.4 Å². The minimum Gasteiger partial charge on any atom is -0.326 e. The second-order valence-corrected chi connectivity index (χ2v) is 9.68. The molecule has 0 aliphatic carbocycles. The molecule has 0 bridgehead atoms. The molecule has 3 rings (SSSR count). The number of nitrogens with zero attached hydrogens (tertiary/aromatic N) is 1. The lowest BCUT2D eigenvalue weighted by Crippen LogP contribution is -2.43. The summed E-state index contributed by atoms with van der Waals surface area (Å²) in [5.41, 5.74) is 2.90. The Hall–Kier alpha value is -2.18. The van der Waals surface area contributed by atoms with E-state index in [0.29, 0.717) is 25.3 Å². The van der Waals surface area contributed by atoms with Crippen LogP contribution in [0.2, 0.25) is 0 Å². The number of nitrogens with one attached hydrogen (secondary N) is 1. The van der Waals surface area contributed by atoms with Crippen molar-refractivity contribution in [1.82, 2.24) is 4.31 Å². The Morgan fingerprint density at radius 2 is 1.79 bits per heavy atom. The number of piperidine rings is 1. The summed E-state index contributed by atoms with van der Waals surface area (Å²) in [4.78, 5) is 13.1. The highest BCUT2D eigenvalue weighted by Crippen LogP contribution is 2.27. The summed E-state index contributed by atoms with van der Waals surface area (Å²) in [5, 5.41) is 3.02. The van der Waals surface area contributed by atoms with Crippen molar-refractivity contribution in [2.45, 2.75) is 44.4 Å². The molecule has 1 atom stereocenters. The van der Waals surface area contributed by atoms with E-state index in [-0.39, 0.29) is 23.3 Å². The summed E-state index contributed by atoms with van der Waals surface area (Å²) >= 11 is 0. The van der Waals surface area contributed by atoms with Gasteiger partial charge in [0.25, 0.3) is 0 Å². The van der Waals surface area contributed by atoms with Gasteiger partial charge in [-0.2, -0.15) is 4.31 Å². The molecule has 1 heterocycles. The van der Waals surface area contributed by atoms with Crippen molar-refractivity contribution in [3.63, 3.8) is 0 Å². The van der Waals surface area contributed by atoms with Crippen molar-refractivity contribution < 1.29 is 13.2 Å². The highest BCUT2D eigenvalue weighted by molar-refractivity contribution is 7.89. The lowest BCUT2D eigenvalue weighted by atomic mass is 9.97. The van der Waals surface area contributed by atoms with Crippen LogP contribution >= 0.6 is 0 Å². The Morgan fingerprint density at radius 1 is 1.11 bits per heavy atom. The van der Waals surface area contributed by atoms with Crippen LogP contribution in [0, 0.1) is 12.8 Å². The second-order valence-electron chi connectivity index (χ2n) is 7.75. The highest BCUT2D eigenvalue weighted by Gasteiger charge is 2.33. The molecule has 6 heteroatoms. The van der Waals surface area contributed by atoms with Crippen molar-refractivity contribution in [3.05, 3.63) is 59.7 Å². The lowest BCUT2D eigenvalue weighted by molar-refractivity contribution is -0.120. The molecule has 150 valence electrons. The monoisotopic (exact) mass is 400 g/mol. The van der Waals surface area contributed by atoms with Gasteiger partial charge < -0.3 is 5.32 Å². The van der Waals surface area contributed by atoms with E-state index in [4.69, 9.17) is 0 Å². The number of amides is 1. The molecule has 1 fully saturated rings. The van der Waals surface area contributed by atoms with Crippen LogP contribution in [0.1, 0.15) is 43.7 Å². The van der Waals surface area contributed by atoms with E-state index >= 15 is 0 Å². The van der Waals surface area contributed by atoms with Crippen LogP contribution in [0.5, 0.6) is 0 Å². The van der Waals surface area contributed by atoms with E-state index in [1.54, 1.807) is 24.3 Å². The molecule has 2 aromatic rings. The summed E-state index contributed by atoms with van der Waals surface area (Å²) in [5.74, 6) is -0.174. The molecule has 1 N–H and O–H groups in total. The van der Waals surface area contributed by atoms with Gasteiger partial charge in [0.2, 0.25) is 15.9 Å². The Morgan fingerprint density at radius 3 is 2.46 bits per heavy atom. The summed E-state index contributed by atoms with van der Waals surface area (Å²) in [6.07, 6.45) is 1.37. The van der Waals surface area contributed by atoms with Gasteiger partial charge in [0.05, 0.1) is 10.8 Å². The van der Waals surface area contributed by atoms with Gasteiger partial charge in [0.1, 0.15) is 0 Å². The number of hydrogen-bond donors (Lipinski definition) is 1. The molecule has 1 aliphatic heterocycles. The lowest BCUT2D eigenvalue weighted by Gasteiger charge is -2.31. The molecule has 0 spiro atoms. The normalized spacial score (nSPS) is 18.2. The van der Waals surface area contributed by atoms with Gasteiger partial charge in [-0.1, -0.05) is 49.7 Å². The minimum absolute atomic E-state index is 0.114. The molecule has 1 aliphatic rings. The largest absolute Gasteiger partial charge is 0.326 e. The van der Waals surface area contributed by atoms with Gasteiger partial charge in [-0.3, -0.25) is 4.79 Å². The summed E-state index contributed by atoms with van der Waals surface area (Å²) in [6, 6.07) is 14.6. The predicted octanol–water partition coefficient (Wildman–Crippen LogP) is 4.16. The summed E-state index contributed by atoms with van der Waals surface area (Å²) in [7, 11) is -3.59. The topological polar surface area (TPSA) is 66.5 Å². The number of hydrogen-bond acceptors (Lipinski definition) is 3. The number of para-hydroxylation sites is 1. The predicted molar refractivity (Wildman–Crippen MR) is 112 cm³/mol. The first-order chi connectivity index (χ1) is 13.3. The highest BCUT2D eigenvalue weighted by atomic mass is 32.2. The SMILES string of the molecule is Cc1ccc(S(=O)(=O)N2CCC[C@H](C(=O)Nc3ccccc3C(C)C)C2)cc1. The smallest absolute Gasteiger partial charge is 0.243 e. The third kappa shape index (κ3) is 4.45. The van der Waals surface area contributed by atoms with Crippen molar-refractivity contribution >= 4 is 21.6 Å². The van der Waals surface area contributed by atoms with Gasteiger partial charge in [-0.15, -0.1) is 0 Å². The molecule has 2 aromatic carbocycles. The number of anilines is 1. The van der Waals surface area contributed by atoms with Crippen LogP contribution in [0.25, 0.3) is 0 Å². The molecular weight excluding hydrogens is 372 g/mol. The Labute approximate surface area is 167 Å². The van der Waals surface area contributed by atoms with Crippen LogP contribution < -0.4 is 5.32 Å². The van der Waals surface area contributed by atoms with Crippen molar-refractivity contribution in [2.24, 2.45) is 5.92 Å². The quantitative estimate of drug-likeness (QED) is 0.820. The molecule has 1 saturated heterocycles. The zero-order valence-electron chi connectivity index (χ0n) is 16.7. The Balaban J connectivity index is 1.74. The number of rotatable bonds is 5. The molecule has 0 saturated carbocycles. The van der Waals surface area contributed by atoms with Gasteiger partial charge in [-0.25, -0.2) is 8.42 Å². The van der Waals surface area contributed by atoms with Crippen LogP contribution in [-0.4, -0.2) is 31.7 Å². The van der Waals surface area contributed by atoms with Crippen LogP contribution in [0.4, 0.5) is 5.69 Å². The fraction of sp³-hybridized carbons (Fsp3) is 0.409. The summed E-state index contributed by atoms with van der Waals surface area (Å²) in [6.45, 7) is 6.75. The average Bonchev–Trinajstić information content (AvgIpc) is 2.68. The zero-order valence-corrected chi connectivity index (χ0v) is 17.5. The van der Waals surface area contributed by atoms with E-state index in [2.05, 4.69) is 19.2 Å².